The largest absolute Gasteiger partial charge is 0.497 e. The van der Waals surface area contributed by atoms with Crippen LogP contribution in [0.3, 0.4) is 0 Å². The number of halogens is 3. The molecule has 12 heteroatoms. The summed E-state index contributed by atoms with van der Waals surface area (Å²) in [7, 11) is 1.50. The molecule has 0 saturated carbocycles. The summed E-state index contributed by atoms with van der Waals surface area (Å²) in [5, 5.41) is 14.0. The number of fused-ring (bicyclic) bond motifs is 1. The van der Waals surface area contributed by atoms with Crippen LogP contribution >= 0.6 is 11.3 Å². The van der Waals surface area contributed by atoms with Gasteiger partial charge in [-0.1, -0.05) is 0 Å². The standard InChI is InChI=1S/C27H28F3N5O3S/c1-16-4-9-22(39-16)21(15-36)33-10-12-34(13-11-33)26(37)20-14-31-35-24(27(28,29)30)17(2)23(32-25(20)35)18-5-7-19(38-3)8-6-18/h4-9,14,21,36H,10-13,15H2,1-3H3/t21-/m1/s1. The Bertz CT molecular complexity index is 1490. The van der Waals surface area contributed by atoms with Crippen LogP contribution in [0.1, 0.15) is 37.4 Å². The van der Waals surface area contributed by atoms with Gasteiger partial charge in [-0.05, 0) is 50.2 Å². The molecular formula is C27H28F3N5O3S. The lowest BCUT2D eigenvalue weighted by Crippen LogP contribution is -2.50. The Morgan fingerprint density at radius 2 is 1.79 bits per heavy atom. The van der Waals surface area contributed by atoms with Crippen LogP contribution in [0.15, 0.2) is 42.6 Å². The number of aromatic nitrogens is 3. The van der Waals surface area contributed by atoms with Crippen molar-refractivity contribution >= 4 is 22.9 Å². The molecule has 1 N–H and O–H groups in total. The molecule has 4 heterocycles. The summed E-state index contributed by atoms with van der Waals surface area (Å²) in [5.74, 6) is 0.132. The van der Waals surface area contributed by atoms with Crippen LogP contribution < -0.4 is 4.74 Å². The summed E-state index contributed by atoms with van der Waals surface area (Å²) in [6.45, 7) is 5.08. The molecule has 39 heavy (non-hydrogen) atoms. The molecule has 206 valence electrons. The van der Waals surface area contributed by atoms with Crippen molar-refractivity contribution < 1.29 is 27.8 Å². The van der Waals surface area contributed by atoms with Crippen molar-refractivity contribution in [3.63, 3.8) is 0 Å². The van der Waals surface area contributed by atoms with Gasteiger partial charge in [0.15, 0.2) is 11.3 Å². The minimum atomic E-state index is -4.72. The molecule has 1 amide bonds. The van der Waals surface area contributed by atoms with E-state index in [1.807, 2.05) is 19.1 Å². The number of aliphatic hydroxyl groups is 1. The number of alkyl halides is 3. The van der Waals surface area contributed by atoms with Crippen molar-refractivity contribution in [3.8, 4) is 17.0 Å². The summed E-state index contributed by atoms with van der Waals surface area (Å²) in [4.78, 5) is 24.0. The number of hydrogen-bond donors (Lipinski definition) is 1. The molecular weight excluding hydrogens is 531 g/mol. The topological polar surface area (TPSA) is 83.2 Å². The first-order chi connectivity index (χ1) is 18.6. The van der Waals surface area contributed by atoms with Gasteiger partial charge in [-0.3, -0.25) is 9.69 Å². The highest BCUT2D eigenvalue weighted by molar-refractivity contribution is 7.12. The second-order valence-corrected chi connectivity index (χ2v) is 10.7. The molecule has 1 atom stereocenters. The smallest absolute Gasteiger partial charge is 0.433 e. The van der Waals surface area contributed by atoms with Gasteiger partial charge in [0.2, 0.25) is 0 Å². The maximum Gasteiger partial charge on any atom is 0.433 e. The Hall–Kier alpha value is -3.48. The van der Waals surface area contributed by atoms with Gasteiger partial charge in [0, 0.05) is 47.1 Å². The summed E-state index contributed by atoms with van der Waals surface area (Å²) < 4.78 is 48.5. The van der Waals surface area contributed by atoms with Crippen molar-refractivity contribution in [2.24, 2.45) is 0 Å². The third-order valence-electron chi connectivity index (χ3n) is 7.05. The number of aliphatic hydroxyl groups excluding tert-OH is 1. The van der Waals surface area contributed by atoms with Gasteiger partial charge < -0.3 is 14.7 Å². The summed E-state index contributed by atoms with van der Waals surface area (Å²) >= 11 is 1.63. The first kappa shape index (κ1) is 27.1. The van der Waals surface area contributed by atoms with Crippen LogP contribution in [-0.2, 0) is 6.18 Å². The Labute approximate surface area is 227 Å². The predicted octanol–water partition coefficient (Wildman–Crippen LogP) is 4.59. The molecule has 8 nitrogen and oxygen atoms in total. The molecule has 1 aliphatic rings. The fourth-order valence-electron chi connectivity index (χ4n) is 5.01. The Morgan fingerprint density at radius 1 is 1.10 bits per heavy atom. The van der Waals surface area contributed by atoms with E-state index in [1.165, 1.54) is 14.0 Å². The number of piperazine rings is 1. The molecule has 5 rings (SSSR count). The zero-order valence-electron chi connectivity index (χ0n) is 21.7. The van der Waals surface area contributed by atoms with E-state index in [1.54, 1.807) is 40.5 Å². The average Bonchev–Trinajstić information content (AvgIpc) is 3.54. The zero-order valence-corrected chi connectivity index (χ0v) is 22.5. The molecule has 1 aliphatic heterocycles. The molecule has 1 fully saturated rings. The van der Waals surface area contributed by atoms with Gasteiger partial charge >= 0.3 is 6.18 Å². The molecule has 4 aromatic rings. The van der Waals surface area contributed by atoms with E-state index < -0.39 is 17.8 Å². The Morgan fingerprint density at radius 3 is 2.36 bits per heavy atom. The number of nitrogens with zero attached hydrogens (tertiary/aromatic N) is 5. The van der Waals surface area contributed by atoms with Gasteiger partial charge in [0.05, 0.1) is 31.6 Å². The number of carbonyl (C=O) groups is 1. The van der Waals surface area contributed by atoms with E-state index in [-0.39, 0.29) is 35.1 Å². The monoisotopic (exact) mass is 559 g/mol. The van der Waals surface area contributed by atoms with Crippen LogP contribution in [0.4, 0.5) is 13.2 Å². The highest BCUT2D eigenvalue weighted by Gasteiger charge is 2.39. The second-order valence-electron chi connectivity index (χ2n) is 9.43. The van der Waals surface area contributed by atoms with Crippen molar-refractivity contribution in [1.29, 1.82) is 0 Å². The van der Waals surface area contributed by atoms with Gasteiger partial charge in [0.1, 0.15) is 11.3 Å². The van der Waals surface area contributed by atoms with Crippen LogP contribution in [0.25, 0.3) is 16.9 Å². The molecule has 3 aromatic heterocycles. The van der Waals surface area contributed by atoms with Crippen LogP contribution in [0, 0.1) is 13.8 Å². The number of carbonyl (C=O) groups excluding carboxylic acids is 1. The fraction of sp³-hybridized carbons (Fsp3) is 0.370. The zero-order chi connectivity index (χ0) is 27.9. The summed E-state index contributed by atoms with van der Waals surface area (Å²) in [6.07, 6.45) is -3.56. The first-order valence-electron chi connectivity index (χ1n) is 12.4. The lowest BCUT2D eigenvalue weighted by molar-refractivity contribution is -0.143. The number of benzene rings is 1. The fourth-order valence-corrected chi connectivity index (χ4v) is 6.02. The van der Waals surface area contributed by atoms with Gasteiger partial charge in [-0.25, -0.2) is 9.50 Å². The van der Waals surface area contributed by atoms with E-state index >= 15 is 0 Å². The highest BCUT2D eigenvalue weighted by Crippen LogP contribution is 2.37. The van der Waals surface area contributed by atoms with Gasteiger partial charge in [-0.2, -0.15) is 18.3 Å². The Kier molecular flexibility index (Phi) is 7.36. The molecule has 1 saturated heterocycles. The maximum atomic E-state index is 14.2. The van der Waals surface area contributed by atoms with Gasteiger partial charge in [-0.15, -0.1) is 11.3 Å². The molecule has 0 unspecified atom stereocenters. The van der Waals surface area contributed by atoms with E-state index in [2.05, 4.69) is 15.0 Å². The number of ether oxygens (including phenoxy) is 1. The van der Waals surface area contributed by atoms with E-state index in [4.69, 9.17) is 4.74 Å². The minimum absolute atomic E-state index is 0.0105. The van der Waals surface area contributed by atoms with E-state index in [0.29, 0.717) is 42.0 Å². The highest BCUT2D eigenvalue weighted by atomic mass is 32.1. The number of amides is 1. The molecule has 0 radical (unpaired) electrons. The average molecular weight is 560 g/mol. The number of methoxy groups -OCH3 is 1. The number of aryl methyl sites for hydroxylation is 1. The normalized spacial score (nSPS) is 15.6. The van der Waals surface area contributed by atoms with Crippen molar-refractivity contribution in [3.05, 3.63) is 69.2 Å². The minimum Gasteiger partial charge on any atom is -0.497 e. The second kappa shape index (κ2) is 10.6. The molecule has 0 aliphatic carbocycles. The van der Waals surface area contributed by atoms with Crippen LogP contribution in [0.2, 0.25) is 0 Å². The van der Waals surface area contributed by atoms with E-state index in [9.17, 15) is 23.1 Å². The van der Waals surface area contributed by atoms with Crippen LogP contribution in [-0.4, -0.2) is 75.3 Å². The SMILES string of the molecule is COc1ccc(-c2nc3c(C(=O)N4CCN([C@H](CO)c5ccc(C)s5)CC4)cnn3c(C(F)(F)F)c2C)cc1. The third kappa shape index (κ3) is 5.11. The Balaban J connectivity index is 1.46. The lowest BCUT2D eigenvalue weighted by atomic mass is 10.0. The van der Waals surface area contributed by atoms with E-state index in [0.717, 1.165) is 16.0 Å². The van der Waals surface area contributed by atoms with Crippen molar-refractivity contribution in [2.75, 3.05) is 39.9 Å². The molecule has 1 aromatic carbocycles. The maximum absolute atomic E-state index is 14.2. The quantitative estimate of drug-likeness (QED) is 0.372. The van der Waals surface area contributed by atoms with Crippen LogP contribution in [0.5, 0.6) is 5.75 Å². The third-order valence-corrected chi connectivity index (χ3v) is 8.15. The predicted molar refractivity (Wildman–Crippen MR) is 141 cm³/mol. The molecule has 0 bridgehead atoms. The first-order valence-corrected chi connectivity index (χ1v) is 13.2. The number of hydrogen-bond acceptors (Lipinski definition) is 7. The number of rotatable bonds is 6. The molecule has 0 spiro atoms. The summed E-state index contributed by atoms with van der Waals surface area (Å²) in [6, 6.07) is 10.4. The van der Waals surface area contributed by atoms with Crippen molar-refractivity contribution in [1.82, 2.24) is 24.4 Å². The number of thiophene rings is 1. The summed E-state index contributed by atoms with van der Waals surface area (Å²) in [5.41, 5.74) is -0.610. The van der Waals surface area contributed by atoms with Gasteiger partial charge in [0.25, 0.3) is 5.91 Å². The lowest BCUT2D eigenvalue weighted by Gasteiger charge is -2.38. The van der Waals surface area contributed by atoms with Crippen molar-refractivity contribution in [2.45, 2.75) is 26.1 Å².